The van der Waals surface area contributed by atoms with Gasteiger partial charge in [-0.05, 0) is 17.3 Å². The van der Waals surface area contributed by atoms with Crippen LogP contribution in [0.2, 0.25) is 0 Å². The second-order valence-corrected chi connectivity index (χ2v) is 3.38. The highest BCUT2D eigenvalue weighted by atomic mass is 16.4. The molecular weight excluding hydrogens is 224 g/mol. The predicted molar refractivity (Wildman–Crippen MR) is 57.3 cm³/mol. The number of tetrazole rings is 1. The molecule has 0 aliphatic rings. The van der Waals surface area contributed by atoms with Gasteiger partial charge in [0.05, 0.1) is 0 Å². The molecule has 0 bridgehead atoms. The molecule has 0 aliphatic heterocycles. The number of hydrogen-bond donors (Lipinski definition) is 2. The van der Waals surface area contributed by atoms with Crippen molar-refractivity contribution in [2.45, 2.75) is 0 Å². The topological polar surface area (TPSA) is 105 Å². The number of rotatable bonds is 1. The maximum absolute atomic E-state index is 11.7. The largest absolute Gasteiger partial charge is 0.504 e. The minimum absolute atomic E-state index is 0.0840. The van der Waals surface area contributed by atoms with Crippen molar-refractivity contribution in [3.63, 3.8) is 0 Å². The van der Waals surface area contributed by atoms with Crippen molar-refractivity contribution in [2.24, 2.45) is 0 Å². The minimum Gasteiger partial charge on any atom is -0.504 e. The molecule has 1 aromatic carbocycles. The number of fused-ring (bicyclic) bond motifs is 1. The Labute approximate surface area is 93.7 Å². The van der Waals surface area contributed by atoms with Gasteiger partial charge in [-0.15, -0.1) is 10.2 Å². The van der Waals surface area contributed by atoms with E-state index in [1.165, 1.54) is 6.07 Å². The van der Waals surface area contributed by atoms with E-state index in [2.05, 4.69) is 20.6 Å². The fourth-order valence-corrected chi connectivity index (χ4v) is 1.56. The Kier molecular flexibility index (Phi) is 1.91. The lowest BCUT2D eigenvalue weighted by atomic mass is 10.1. The molecule has 0 aliphatic carbocycles. The van der Waals surface area contributed by atoms with E-state index < -0.39 is 5.63 Å². The Bertz CT molecular complexity index is 733. The van der Waals surface area contributed by atoms with Crippen LogP contribution in [0.15, 0.2) is 33.5 Å². The van der Waals surface area contributed by atoms with Gasteiger partial charge in [0.25, 0.3) is 0 Å². The molecule has 2 heterocycles. The number of phenols is 1. The molecule has 0 radical (unpaired) electrons. The molecule has 3 rings (SSSR count). The summed E-state index contributed by atoms with van der Waals surface area (Å²) in [5.74, 6) is 0.0725. The number of aromatic nitrogens is 4. The molecule has 0 saturated heterocycles. The van der Waals surface area contributed by atoms with Gasteiger partial charge in [-0.2, -0.15) is 5.21 Å². The van der Waals surface area contributed by atoms with Crippen LogP contribution in [0.1, 0.15) is 0 Å². The van der Waals surface area contributed by atoms with E-state index in [-0.39, 0.29) is 22.7 Å². The van der Waals surface area contributed by atoms with Crippen LogP contribution in [0.25, 0.3) is 22.4 Å². The second kappa shape index (κ2) is 3.41. The van der Waals surface area contributed by atoms with Crippen LogP contribution in [0.3, 0.4) is 0 Å². The summed E-state index contributed by atoms with van der Waals surface area (Å²) in [4.78, 5) is 11.7. The molecule has 0 saturated carbocycles. The number of H-pyrrole nitrogens is 1. The maximum Gasteiger partial charge on any atom is 0.347 e. The van der Waals surface area contributed by atoms with Crippen molar-refractivity contribution in [3.8, 4) is 17.1 Å². The molecule has 7 nitrogen and oxygen atoms in total. The Hall–Kier alpha value is -2.70. The summed E-state index contributed by atoms with van der Waals surface area (Å²) < 4.78 is 5.02. The van der Waals surface area contributed by atoms with Gasteiger partial charge < -0.3 is 9.52 Å². The summed E-state index contributed by atoms with van der Waals surface area (Å²) >= 11 is 0. The normalized spacial score (nSPS) is 10.8. The summed E-state index contributed by atoms with van der Waals surface area (Å²) in [6.07, 6.45) is 0. The van der Waals surface area contributed by atoms with Gasteiger partial charge in [0.2, 0.25) is 5.82 Å². The van der Waals surface area contributed by atoms with Crippen molar-refractivity contribution in [2.75, 3.05) is 0 Å². The van der Waals surface area contributed by atoms with E-state index >= 15 is 0 Å². The third kappa shape index (κ3) is 1.44. The molecule has 84 valence electrons. The van der Waals surface area contributed by atoms with Crippen molar-refractivity contribution in [1.82, 2.24) is 20.6 Å². The average molecular weight is 230 g/mol. The van der Waals surface area contributed by atoms with E-state index in [4.69, 9.17) is 4.42 Å². The fraction of sp³-hybridized carbons (Fsp3) is 0. The van der Waals surface area contributed by atoms with Crippen molar-refractivity contribution in [1.29, 1.82) is 0 Å². The molecule has 2 aromatic heterocycles. The molecule has 2 N–H and O–H groups in total. The van der Waals surface area contributed by atoms with Gasteiger partial charge in [0, 0.05) is 5.39 Å². The lowest BCUT2D eigenvalue weighted by molar-refractivity contribution is 0.457. The Balaban J connectivity index is 2.36. The first-order chi connectivity index (χ1) is 8.25. The minimum atomic E-state index is -0.625. The Morgan fingerprint density at radius 1 is 1.35 bits per heavy atom. The lowest BCUT2D eigenvalue weighted by Gasteiger charge is -2.00. The number of nitrogens with zero attached hydrogens (tertiary/aromatic N) is 3. The third-order valence-electron chi connectivity index (χ3n) is 2.33. The number of aromatic hydroxyl groups is 1. The lowest BCUT2D eigenvalue weighted by Crippen LogP contribution is -2.03. The standard InChI is InChI=1S/C10H6N4O3/c15-7-3-1-2-5-4-6(9-11-13-14-12-9)10(16)17-8(5)7/h1-4,15H,(H,11,12,13,14). The summed E-state index contributed by atoms with van der Waals surface area (Å²) in [6, 6.07) is 6.35. The summed E-state index contributed by atoms with van der Waals surface area (Å²) in [6.45, 7) is 0. The first kappa shape index (κ1) is 9.52. The van der Waals surface area contributed by atoms with Crippen LogP contribution >= 0.6 is 0 Å². The van der Waals surface area contributed by atoms with Crippen molar-refractivity contribution < 1.29 is 9.52 Å². The average Bonchev–Trinajstić information content (AvgIpc) is 2.83. The van der Waals surface area contributed by atoms with Crippen LogP contribution in [0, 0.1) is 0 Å². The molecule has 3 aromatic rings. The molecule has 0 unspecified atom stereocenters. The van der Waals surface area contributed by atoms with Crippen molar-refractivity contribution >= 4 is 11.0 Å². The van der Waals surface area contributed by atoms with E-state index in [1.807, 2.05) is 0 Å². The first-order valence-corrected chi connectivity index (χ1v) is 4.75. The molecule has 0 fully saturated rings. The Morgan fingerprint density at radius 2 is 2.24 bits per heavy atom. The highest BCUT2D eigenvalue weighted by molar-refractivity contribution is 5.84. The number of hydrogen-bond acceptors (Lipinski definition) is 6. The van der Waals surface area contributed by atoms with Gasteiger partial charge in [0.15, 0.2) is 11.3 Å². The predicted octanol–water partition coefficient (Wildman–Crippen LogP) is 0.679. The van der Waals surface area contributed by atoms with Crippen LogP contribution in [-0.2, 0) is 0 Å². The van der Waals surface area contributed by atoms with Crippen LogP contribution in [0.5, 0.6) is 5.75 Å². The van der Waals surface area contributed by atoms with E-state index in [0.29, 0.717) is 5.39 Å². The number of aromatic amines is 1. The number of phenolic OH excluding ortho intramolecular Hbond substituents is 1. The van der Waals surface area contributed by atoms with Gasteiger partial charge in [0.1, 0.15) is 5.56 Å². The van der Waals surface area contributed by atoms with Crippen LogP contribution in [0.4, 0.5) is 0 Å². The third-order valence-corrected chi connectivity index (χ3v) is 2.33. The zero-order chi connectivity index (χ0) is 11.8. The van der Waals surface area contributed by atoms with Gasteiger partial charge in [-0.1, -0.05) is 12.1 Å². The number of nitrogens with one attached hydrogen (secondary N) is 1. The molecule has 17 heavy (non-hydrogen) atoms. The van der Waals surface area contributed by atoms with E-state index in [9.17, 15) is 9.90 Å². The maximum atomic E-state index is 11.7. The number of benzene rings is 1. The van der Waals surface area contributed by atoms with Crippen LogP contribution in [-0.4, -0.2) is 25.7 Å². The molecule has 0 atom stereocenters. The van der Waals surface area contributed by atoms with E-state index in [0.717, 1.165) is 0 Å². The highest BCUT2D eigenvalue weighted by Gasteiger charge is 2.12. The fourth-order valence-electron chi connectivity index (χ4n) is 1.56. The molecule has 0 amide bonds. The smallest absolute Gasteiger partial charge is 0.347 e. The van der Waals surface area contributed by atoms with Gasteiger partial charge in [-0.3, -0.25) is 0 Å². The highest BCUT2D eigenvalue weighted by Crippen LogP contribution is 2.24. The SMILES string of the molecule is O=c1oc2c(O)cccc2cc1-c1nn[nH]n1. The molecule has 0 spiro atoms. The zero-order valence-corrected chi connectivity index (χ0v) is 8.41. The van der Waals surface area contributed by atoms with Gasteiger partial charge in [-0.25, -0.2) is 4.79 Å². The first-order valence-electron chi connectivity index (χ1n) is 4.75. The quantitative estimate of drug-likeness (QED) is 0.595. The molecular formula is C10H6N4O3. The Morgan fingerprint density at radius 3 is 3.00 bits per heavy atom. The van der Waals surface area contributed by atoms with Gasteiger partial charge >= 0.3 is 5.63 Å². The number of para-hydroxylation sites is 1. The van der Waals surface area contributed by atoms with Crippen LogP contribution < -0.4 is 5.63 Å². The monoisotopic (exact) mass is 230 g/mol. The summed E-state index contributed by atoms with van der Waals surface area (Å²) in [5.41, 5.74) is -0.290. The summed E-state index contributed by atoms with van der Waals surface area (Å²) in [5, 5.41) is 23.2. The van der Waals surface area contributed by atoms with E-state index in [1.54, 1.807) is 18.2 Å². The molecule has 7 heteroatoms. The second-order valence-electron chi connectivity index (χ2n) is 3.38. The van der Waals surface area contributed by atoms with Crippen molar-refractivity contribution in [3.05, 3.63) is 34.7 Å². The zero-order valence-electron chi connectivity index (χ0n) is 8.41. The summed E-state index contributed by atoms with van der Waals surface area (Å²) in [7, 11) is 0.